The summed E-state index contributed by atoms with van der Waals surface area (Å²) in [4.78, 5) is 0. The molecule has 12 heavy (non-hydrogen) atoms. The minimum Gasteiger partial charge on any atom is -0.489 e. The molecular weight excluding hydrogens is 154 g/mol. The fourth-order valence-corrected chi connectivity index (χ4v) is 0.891. The molecule has 4 heteroatoms. The van der Waals surface area contributed by atoms with E-state index in [2.05, 4.69) is 17.3 Å². The Morgan fingerprint density at radius 3 is 3.08 bits per heavy atom. The van der Waals surface area contributed by atoms with E-state index in [9.17, 15) is 0 Å². The van der Waals surface area contributed by atoms with E-state index in [-0.39, 0.29) is 0 Å². The third-order valence-corrected chi connectivity index (χ3v) is 1.48. The first kappa shape index (κ1) is 9.06. The highest BCUT2D eigenvalue weighted by atomic mass is 16.5. The summed E-state index contributed by atoms with van der Waals surface area (Å²) >= 11 is 0. The summed E-state index contributed by atoms with van der Waals surface area (Å²) in [5, 5.41) is 7.16. The van der Waals surface area contributed by atoms with E-state index in [0.29, 0.717) is 6.61 Å². The van der Waals surface area contributed by atoms with Crippen molar-refractivity contribution in [1.82, 2.24) is 15.1 Å². The van der Waals surface area contributed by atoms with Gasteiger partial charge in [0, 0.05) is 13.6 Å². The SMILES string of the molecule is CCNCCOc1cnn(C)c1. The lowest BCUT2D eigenvalue weighted by Gasteiger charge is -2.02. The van der Waals surface area contributed by atoms with Crippen LogP contribution in [0.25, 0.3) is 0 Å². The van der Waals surface area contributed by atoms with Crippen LogP contribution >= 0.6 is 0 Å². The molecule has 1 N–H and O–H groups in total. The Kier molecular flexibility index (Phi) is 3.60. The zero-order valence-electron chi connectivity index (χ0n) is 7.58. The molecule has 0 unspecified atom stereocenters. The second-order valence-corrected chi connectivity index (χ2v) is 2.55. The van der Waals surface area contributed by atoms with Gasteiger partial charge in [0.15, 0.2) is 5.75 Å². The number of nitrogens with zero attached hydrogens (tertiary/aromatic N) is 2. The van der Waals surface area contributed by atoms with Crippen LogP contribution in [0.3, 0.4) is 0 Å². The van der Waals surface area contributed by atoms with Gasteiger partial charge in [0.05, 0.1) is 12.4 Å². The summed E-state index contributed by atoms with van der Waals surface area (Å²) in [7, 11) is 1.87. The van der Waals surface area contributed by atoms with Crippen molar-refractivity contribution in [3.05, 3.63) is 12.4 Å². The fraction of sp³-hybridized carbons (Fsp3) is 0.625. The van der Waals surface area contributed by atoms with Crippen LogP contribution in [-0.4, -0.2) is 29.5 Å². The first-order chi connectivity index (χ1) is 5.83. The van der Waals surface area contributed by atoms with Crippen LogP contribution in [-0.2, 0) is 7.05 Å². The molecule has 1 rings (SSSR count). The fourth-order valence-electron chi connectivity index (χ4n) is 0.891. The largest absolute Gasteiger partial charge is 0.489 e. The minimum absolute atomic E-state index is 0.694. The molecule has 0 aliphatic carbocycles. The van der Waals surface area contributed by atoms with Gasteiger partial charge in [-0.1, -0.05) is 6.92 Å². The number of aromatic nitrogens is 2. The molecule has 1 aromatic rings. The van der Waals surface area contributed by atoms with Crippen molar-refractivity contribution >= 4 is 0 Å². The molecule has 1 heterocycles. The lowest BCUT2D eigenvalue weighted by Crippen LogP contribution is -2.20. The first-order valence-corrected chi connectivity index (χ1v) is 4.15. The predicted octanol–water partition coefficient (Wildman–Crippen LogP) is 0.408. The maximum atomic E-state index is 5.38. The Morgan fingerprint density at radius 2 is 2.50 bits per heavy atom. The predicted molar refractivity (Wildman–Crippen MR) is 47.2 cm³/mol. The molecule has 0 aliphatic heterocycles. The molecule has 0 amide bonds. The molecule has 0 radical (unpaired) electrons. The van der Waals surface area contributed by atoms with E-state index in [1.54, 1.807) is 10.9 Å². The molecule has 0 aliphatic rings. The number of hydrogen-bond donors (Lipinski definition) is 1. The number of nitrogens with one attached hydrogen (secondary N) is 1. The lowest BCUT2D eigenvalue weighted by atomic mass is 10.6. The van der Waals surface area contributed by atoms with Gasteiger partial charge in [-0.2, -0.15) is 5.10 Å². The highest BCUT2D eigenvalue weighted by Gasteiger charge is 1.94. The van der Waals surface area contributed by atoms with Gasteiger partial charge in [-0.05, 0) is 6.54 Å². The highest BCUT2D eigenvalue weighted by molar-refractivity contribution is 5.11. The summed E-state index contributed by atoms with van der Waals surface area (Å²) in [6.45, 7) is 4.63. The van der Waals surface area contributed by atoms with Gasteiger partial charge in [0.25, 0.3) is 0 Å². The summed E-state index contributed by atoms with van der Waals surface area (Å²) in [5.74, 6) is 0.829. The van der Waals surface area contributed by atoms with Crippen molar-refractivity contribution in [2.75, 3.05) is 19.7 Å². The van der Waals surface area contributed by atoms with Gasteiger partial charge in [0.2, 0.25) is 0 Å². The summed E-state index contributed by atoms with van der Waals surface area (Å²) < 4.78 is 7.11. The molecule has 0 bridgehead atoms. The Morgan fingerprint density at radius 1 is 1.67 bits per heavy atom. The minimum atomic E-state index is 0.694. The summed E-state index contributed by atoms with van der Waals surface area (Å²) in [6, 6.07) is 0. The van der Waals surface area contributed by atoms with E-state index in [1.807, 2.05) is 13.2 Å². The Hall–Kier alpha value is -1.03. The molecule has 0 saturated heterocycles. The number of rotatable bonds is 5. The van der Waals surface area contributed by atoms with E-state index in [1.165, 1.54) is 0 Å². The smallest absolute Gasteiger partial charge is 0.157 e. The van der Waals surface area contributed by atoms with Gasteiger partial charge in [0.1, 0.15) is 6.61 Å². The number of ether oxygens (including phenoxy) is 1. The van der Waals surface area contributed by atoms with Gasteiger partial charge >= 0.3 is 0 Å². The van der Waals surface area contributed by atoms with Crippen molar-refractivity contribution in [3.63, 3.8) is 0 Å². The molecule has 0 fully saturated rings. The van der Waals surface area contributed by atoms with E-state index in [4.69, 9.17) is 4.74 Å². The van der Waals surface area contributed by atoms with Crippen molar-refractivity contribution < 1.29 is 4.74 Å². The van der Waals surface area contributed by atoms with Crippen LogP contribution in [0.2, 0.25) is 0 Å². The number of likely N-dealkylation sites (N-methyl/N-ethyl adjacent to an activating group) is 1. The Balaban J connectivity index is 2.15. The van der Waals surface area contributed by atoms with Crippen molar-refractivity contribution in [2.45, 2.75) is 6.92 Å². The van der Waals surface area contributed by atoms with Crippen molar-refractivity contribution in [2.24, 2.45) is 7.05 Å². The Labute approximate surface area is 72.5 Å². The normalized spacial score (nSPS) is 10.2. The van der Waals surface area contributed by atoms with Crippen molar-refractivity contribution in [3.8, 4) is 5.75 Å². The van der Waals surface area contributed by atoms with Gasteiger partial charge in [-0.15, -0.1) is 0 Å². The third-order valence-electron chi connectivity index (χ3n) is 1.48. The van der Waals surface area contributed by atoms with Crippen LogP contribution in [0.1, 0.15) is 6.92 Å². The van der Waals surface area contributed by atoms with Crippen LogP contribution < -0.4 is 10.1 Å². The van der Waals surface area contributed by atoms with Crippen LogP contribution in [0, 0.1) is 0 Å². The molecule has 0 atom stereocenters. The van der Waals surface area contributed by atoms with Crippen LogP contribution in [0.5, 0.6) is 5.75 Å². The number of hydrogen-bond acceptors (Lipinski definition) is 3. The maximum absolute atomic E-state index is 5.38. The van der Waals surface area contributed by atoms with Crippen LogP contribution in [0.4, 0.5) is 0 Å². The van der Waals surface area contributed by atoms with E-state index >= 15 is 0 Å². The van der Waals surface area contributed by atoms with Crippen molar-refractivity contribution in [1.29, 1.82) is 0 Å². The lowest BCUT2D eigenvalue weighted by molar-refractivity contribution is 0.315. The quantitative estimate of drug-likeness (QED) is 0.649. The Bertz CT molecular complexity index is 222. The monoisotopic (exact) mass is 169 g/mol. The topological polar surface area (TPSA) is 39.1 Å². The zero-order chi connectivity index (χ0) is 8.81. The first-order valence-electron chi connectivity index (χ1n) is 4.15. The molecule has 0 saturated carbocycles. The molecular formula is C8H15N3O. The maximum Gasteiger partial charge on any atom is 0.157 e. The highest BCUT2D eigenvalue weighted by Crippen LogP contribution is 2.05. The van der Waals surface area contributed by atoms with Gasteiger partial charge in [-0.3, -0.25) is 4.68 Å². The summed E-state index contributed by atoms with van der Waals surface area (Å²) in [5.41, 5.74) is 0. The summed E-state index contributed by atoms with van der Waals surface area (Å²) in [6.07, 6.45) is 3.57. The third kappa shape index (κ3) is 2.92. The second-order valence-electron chi connectivity index (χ2n) is 2.55. The molecule has 0 aromatic carbocycles. The molecule has 1 aromatic heterocycles. The molecule has 68 valence electrons. The zero-order valence-corrected chi connectivity index (χ0v) is 7.58. The van der Waals surface area contributed by atoms with Gasteiger partial charge in [-0.25, -0.2) is 0 Å². The van der Waals surface area contributed by atoms with E-state index < -0.39 is 0 Å². The van der Waals surface area contributed by atoms with Gasteiger partial charge < -0.3 is 10.1 Å². The average Bonchev–Trinajstić information content (AvgIpc) is 2.45. The number of aryl methyl sites for hydroxylation is 1. The van der Waals surface area contributed by atoms with E-state index in [0.717, 1.165) is 18.8 Å². The standard InChI is InChI=1S/C8H15N3O/c1-3-9-4-5-12-8-6-10-11(2)7-8/h6-7,9H,3-5H2,1-2H3. The molecule has 4 nitrogen and oxygen atoms in total. The molecule has 0 spiro atoms. The average molecular weight is 169 g/mol. The second kappa shape index (κ2) is 4.77. The van der Waals surface area contributed by atoms with Crippen LogP contribution in [0.15, 0.2) is 12.4 Å².